The Morgan fingerprint density at radius 3 is 2.36 bits per heavy atom. The van der Waals surface area contributed by atoms with E-state index in [1.165, 1.54) is 6.07 Å². The van der Waals surface area contributed by atoms with Gasteiger partial charge in [-0.1, -0.05) is 0 Å². The van der Waals surface area contributed by atoms with Crippen LogP contribution in [0.15, 0.2) is 83.5 Å². The molecule has 2 heterocycles. The van der Waals surface area contributed by atoms with Crippen molar-refractivity contribution in [2.75, 3.05) is 23.8 Å². The molecular formula is C26H24N4O6. The van der Waals surface area contributed by atoms with Crippen LogP contribution in [-0.4, -0.2) is 40.8 Å². The van der Waals surface area contributed by atoms with Crippen molar-refractivity contribution in [3.05, 3.63) is 96.2 Å². The summed E-state index contributed by atoms with van der Waals surface area (Å²) in [5.74, 6) is -0.331. The van der Waals surface area contributed by atoms with Crippen LogP contribution in [0.5, 0.6) is 5.75 Å². The van der Waals surface area contributed by atoms with Gasteiger partial charge >= 0.3 is 5.97 Å². The summed E-state index contributed by atoms with van der Waals surface area (Å²) in [5, 5.41) is 9.48. The molecule has 0 unspecified atom stereocenters. The van der Waals surface area contributed by atoms with Crippen LogP contribution in [0.4, 0.5) is 11.4 Å². The van der Waals surface area contributed by atoms with Gasteiger partial charge in [-0.25, -0.2) is 4.79 Å². The molecule has 2 aromatic heterocycles. The number of esters is 1. The minimum Gasteiger partial charge on any atom is -0.494 e. The highest BCUT2D eigenvalue weighted by Gasteiger charge is 2.15. The lowest BCUT2D eigenvalue weighted by Crippen LogP contribution is -2.21. The highest BCUT2D eigenvalue weighted by molar-refractivity contribution is 6.04. The number of hydrogen-bond acceptors (Lipinski definition) is 7. The monoisotopic (exact) mass is 488 g/mol. The van der Waals surface area contributed by atoms with Crippen molar-refractivity contribution < 1.29 is 28.3 Å². The maximum Gasteiger partial charge on any atom is 0.374 e. The largest absolute Gasteiger partial charge is 0.494 e. The Labute approximate surface area is 206 Å². The van der Waals surface area contributed by atoms with Crippen LogP contribution in [-0.2, 0) is 16.1 Å². The number of anilines is 2. The standard InChI is InChI=1S/C26H24N4O6/c1-2-34-21-10-8-20(9-11-21)29-25(32)18-4-6-19(7-5-18)28-24(31)17-35-26(33)23-13-12-22(36-23)16-30-15-3-14-27-30/h3-15H,2,16-17H2,1H3,(H,28,31)(H,29,32). The van der Waals surface area contributed by atoms with E-state index in [1.54, 1.807) is 77.7 Å². The zero-order valence-corrected chi connectivity index (χ0v) is 19.5. The van der Waals surface area contributed by atoms with E-state index < -0.39 is 18.5 Å². The number of hydrogen-bond donors (Lipinski definition) is 2. The molecule has 0 atom stereocenters. The molecule has 0 saturated carbocycles. The molecule has 4 aromatic rings. The third kappa shape index (κ3) is 6.60. The second-order valence-electron chi connectivity index (χ2n) is 7.58. The first kappa shape index (κ1) is 24.3. The maximum atomic E-state index is 12.5. The van der Waals surface area contributed by atoms with E-state index in [0.717, 1.165) is 5.75 Å². The van der Waals surface area contributed by atoms with E-state index in [4.69, 9.17) is 13.9 Å². The molecule has 2 aromatic carbocycles. The van der Waals surface area contributed by atoms with Crippen LogP contribution in [0.25, 0.3) is 0 Å². The summed E-state index contributed by atoms with van der Waals surface area (Å²) < 4.78 is 17.5. The van der Waals surface area contributed by atoms with Gasteiger partial charge in [0.05, 0.1) is 13.2 Å². The first-order valence-electron chi connectivity index (χ1n) is 11.2. The maximum absolute atomic E-state index is 12.5. The number of amides is 2. The minimum absolute atomic E-state index is 0.00662. The quantitative estimate of drug-likeness (QED) is 0.324. The number of benzene rings is 2. The molecule has 2 amide bonds. The predicted octanol–water partition coefficient (Wildman–Crippen LogP) is 3.97. The van der Waals surface area contributed by atoms with Gasteiger partial charge in [-0.05, 0) is 73.7 Å². The Balaban J connectivity index is 1.23. The molecule has 0 aliphatic carbocycles. The van der Waals surface area contributed by atoms with Crippen molar-refractivity contribution in [3.8, 4) is 5.75 Å². The second kappa shape index (κ2) is 11.5. The number of ether oxygens (including phenoxy) is 2. The Kier molecular flexibility index (Phi) is 7.76. The minimum atomic E-state index is -0.752. The lowest BCUT2D eigenvalue weighted by Gasteiger charge is -2.09. The van der Waals surface area contributed by atoms with Crippen LogP contribution in [0.3, 0.4) is 0 Å². The zero-order chi connectivity index (χ0) is 25.3. The molecule has 0 spiro atoms. The Bertz CT molecular complexity index is 1310. The number of rotatable bonds is 10. The average Bonchev–Trinajstić information content (AvgIpc) is 3.57. The highest BCUT2D eigenvalue weighted by atomic mass is 16.5. The molecule has 2 N–H and O–H groups in total. The van der Waals surface area contributed by atoms with E-state index >= 15 is 0 Å². The van der Waals surface area contributed by atoms with Crippen molar-refractivity contribution in [1.29, 1.82) is 0 Å². The number of furan rings is 1. The third-order valence-corrected chi connectivity index (χ3v) is 4.93. The van der Waals surface area contributed by atoms with E-state index in [9.17, 15) is 14.4 Å². The molecule has 36 heavy (non-hydrogen) atoms. The van der Waals surface area contributed by atoms with Gasteiger partial charge in [-0.2, -0.15) is 5.10 Å². The second-order valence-corrected chi connectivity index (χ2v) is 7.58. The Morgan fingerprint density at radius 1 is 0.944 bits per heavy atom. The fraction of sp³-hybridized carbons (Fsp3) is 0.154. The molecular weight excluding hydrogens is 464 g/mol. The van der Waals surface area contributed by atoms with Crippen LogP contribution in [0.1, 0.15) is 33.6 Å². The Morgan fingerprint density at radius 2 is 1.67 bits per heavy atom. The summed E-state index contributed by atoms with van der Waals surface area (Å²) in [6.45, 7) is 2.34. The van der Waals surface area contributed by atoms with Gasteiger partial charge in [0.15, 0.2) is 6.61 Å². The van der Waals surface area contributed by atoms with Gasteiger partial charge in [0.2, 0.25) is 5.76 Å². The fourth-order valence-electron chi connectivity index (χ4n) is 3.23. The predicted molar refractivity (Wildman–Crippen MR) is 131 cm³/mol. The number of aromatic nitrogens is 2. The van der Waals surface area contributed by atoms with Gasteiger partial charge in [-0.3, -0.25) is 14.3 Å². The van der Waals surface area contributed by atoms with Gasteiger partial charge in [-0.15, -0.1) is 0 Å². The van der Waals surface area contributed by atoms with Crippen molar-refractivity contribution >= 4 is 29.2 Å². The molecule has 184 valence electrons. The van der Waals surface area contributed by atoms with E-state index in [2.05, 4.69) is 15.7 Å². The van der Waals surface area contributed by atoms with E-state index in [-0.39, 0.29) is 11.7 Å². The SMILES string of the molecule is CCOc1ccc(NC(=O)c2ccc(NC(=O)COC(=O)c3ccc(Cn4cccn4)o3)cc2)cc1. The summed E-state index contributed by atoms with van der Waals surface area (Å²) in [4.78, 5) is 36.8. The summed E-state index contributed by atoms with van der Waals surface area (Å²) in [6, 6.07) is 18.3. The molecule has 0 aliphatic rings. The van der Waals surface area contributed by atoms with Gasteiger partial charge in [0, 0.05) is 29.3 Å². The number of nitrogens with one attached hydrogen (secondary N) is 2. The van der Waals surface area contributed by atoms with Crippen molar-refractivity contribution in [3.63, 3.8) is 0 Å². The van der Waals surface area contributed by atoms with Gasteiger partial charge in [0.25, 0.3) is 11.8 Å². The topological polar surface area (TPSA) is 125 Å². The van der Waals surface area contributed by atoms with E-state index in [1.807, 2.05) is 6.92 Å². The number of carbonyl (C=O) groups is 3. The lowest BCUT2D eigenvalue weighted by atomic mass is 10.2. The van der Waals surface area contributed by atoms with Crippen molar-refractivity contribution in [2.45, 2.75) is 13.5 Å². The molecule has 10 heteroatoms. The molecule has 0 radical (unpaired) electrons. The fourth-order valence-corrected chi connectivity index (χ4v) is 3.23. The molecule has 0 saturated heterocycles. The van der Waals surface area contributed by atoms with Gasteiger partial charge in [0.1, 0.15) is 11.5 Å². The van der Waals surface area contributed by atoms with Crippen LogP contribution in [0, 0.1) is 0 Å². The molecule has 0 aliphatic heterocycles. The lowest BCUT2D eigenvalue weighted by molar-refractivity contribution is -0.119. The van der Waals surface area contributed by atoms with Crippen LogP contribution < -0.4 is 15.4 Å². The molecule has 10 nitrogen and oxygen atoms in total. The van der Waals surface area contributed by atoms with Crippen molar-refractivity contribution in [1.82, 2.24) is 9.78 Å². The van der Waals surface area contributed by atoms with Crippen LogP contribution >= 0.6 is 0 Å². The number of nitrogens with zero attached hydrogens (tertiary/aromatic N) is 2. The highest BCUT2D eigenvalue weighted by Crippen LogP contribution is 2.17. The van der Waals surface area contributed by atoms with E-state index in [0.29, 0.717) is 35.9 Å². The summed E-state index contributed by atoms with van der Waals surface area (Å²) in [7, 11) is 0. The normalized spacial score (nSPS) is 10.5. The first-order chi connectivity index (χ1) is 17.5. The van der Waals surface area contributed by atoms with Crippen molar-refractivity contribution in [2.24, 2.45) is 0 Å². The molecule has 4 rings (SSSR count). The summed E-state index contributed by atoms with van der Waals surface area (Å²) in [5.41, 5.74) is 1.50. The third-order valence-electron chi connectivity index (χ3n) is 4.93. The Hall–Kier alpha value is -4.86. The molecule has 0 fully saturated rings. The molecule has 0 bridgehead atoms. The summed E-state index contributed by atoms with van der Waals surface area (Å²) >= 11 is 0. The zero-order valence-electron chi connectivity index (χ0n) is 19.5. The smallest absolute Gasteiger partial charge is 0.374 e. The number of carbonyl (C=O) groups excluding carboxylic acids is 3. The summed E-state index contributed by atoms with van der Waals surface area (Å²) in [6.07, 6.45) is 3.41. The van der Waals surface area contributed by atoms with Crippen LogP contribution in [0.2, 0.25) is 0 Å². The first-order valence-corrected chi connectivity index (χ1v) is 11.2. The van der Waals surface area contributed by atoms with Gasteiger partial charge < -0.3 is 24.5 Å². The average molecular weight is 489 g/mol.